The summed E-state index contributed by atoms with van der Waals surface area (Å²) < 4.78 is 10.3. The molecule has 2 N–H and O–H groups in total. The summed E-state index contributed by atoms with van der Waals surface area (Å²) in [6.07, 6.45) is 2.10. The second-order valence-electron chi connectivity index (χ2n) is 5.23. The lowest BCUT2D eigenvalue weighted by atomic mass is 9.99. The number of carbonyl (C=O) groups excluding carboxylic acids is 2. The average molecular weight is 332 g/mol. The molecule has 128 valence electrons. The molecule has 0 fully saturated rings. The molecule has 0 bridgehead atoms. The Balaban J connectivity index is 1.84. The number of hydrazone groups is 2. The van der Waals surface area contributed by atoms with Gasteiger partial charge >= 0.3 is 0 Å². The van der Waals surface area contributed by atoms with Crippen molar-refractivity contribution in [3.8, 4) is 11.5 Å². The largest absolute Gasteiger partial charge is 0.493 e. The van der Waals surface area contributed by atoms with Crippen LogP contribution in [0.1, 0.15) is 25.3 Å². The van der Waals surface area contributed by atoms with E-state index in [9.17, 15) is 9.59 Å². The van der Waals surface area contributed by atoms with Gasteiger partial charge in [0.05, 0.1) is 26.4 Å². The van der Waals surface area contributed by atoms with Crippen LogP contribution in [0.15, 0.2) is 28.4 Å². The molecule has 1 aliphatic heterocycles. The number of hydrogen-bond acceptors (Lipinski definition) is 6. The van der Waals surface area contributed by atoms with Crippen LogP contribution in [0.5, 0.6) is 11.5 Å². The smallest absolute Gasteiger partial charge is 0.248 e. The van der Waals surface area contributed by atoms with Crippen molar-refractivity contribution < 1.29 is 19.1 Å². The lowest BCUT2D eigenvalue weighted by Crippen LogP contribution is -2.25. The molecular weight excluding hydrogens is 312 g/mol. The minimum atomic E-state index is -0.342. The Morgan fingerprint density at radius 2 is 2.12 bits per heavy atom. The Morgan fingerprint density at radius 1 is 1.38 bits per heavy atom. The average Bonchev–Trinajstić information content (AvgIpc) is 2.91. The van der Waals surface area contributed by atoms with Gasteiger partial charge in [0.2, 0.25) is 11.8 Å². The zero-order valence-electron chi connectivity index (χ0n) is 13.8. The molecule has 0 saturated carbocycles. The van der Waals surface area contributed by atoms with Gasteiger partial charge in [-0.2, -0.15) is 10.2 Å². The van der Waals surface area contributed by atoms with Crippen LogP contribution in [-0.4, -0.2) is 38.0 Å². The third-order valence-electron chi connectivity index (χ3n) is 3.63. The topological polar surface area (TPSA) is 101 Å². The highest BCUT2D eigenvalue weighted by molar-refractivity contribution is 6.07. The van der Waals surface area contributed by atoms with Gasteiger partial charge in [-0.3, -0.25) is 9.59 Å². The molecule has 2 amide bonds. The van der Waals surface area contributed by atoms with Crippen LogP contribution in [0.2, 0.25) is 0 Å². The van der Waals surface area contributed by atoms with E-state index in [1.807, 2.05) is 0 Å². The van der Waals surface area contributed by atoms with Gasteiger partial charge in [0.15, 0.2) is 11.5 Å². The summed E-state index contributed by atoms with van der Waals surface area (Å²) in [5.41, 5.74) is 6.28. The number of nitrogens with zero attached hydrogens (tertiary/aromatic N) is 2. The summed E-state index contributed by atoms with van der Waals surface area (Å²) in [6.45, 7) is 1.76. The SMILES string of the molecule is COc1ccc(C=NNC(=O)CCC2C(=O)NN=C2C)cc1OC. The molecule has 0 radical (unpaired) electrons. The first-order chi connectivity index (χ1) is 11.5. The number of benzene rings is 1. The van der Waals surface area contributed by atoms with E-state index in [1.165, 1.54) is 6.21 Å². The van der Waals surface area contributed by atoms with E-state index in [0.717, 1.165) is 5.56 Å². The molecule has 8 heteroatoms. The summed E-state index contributed by atoms with van der Waals surface area (Å²) in [5.74, 6) is 0.416. The highest BCUT2D eigenvalue weighted by Crippen LogP contribution is 2.26. The number of amides is 2. The maximum absolute atomic E-state index is 11.8. The van der Waals surface area contributed by atoms with Crippen LogP contribution >= 0.6 is 0 Å². The molecule has 0 spiro atoms. The molecule has 0 aliphatic carbocycles. The minimum absolute atomic E-state index is 0.172. The number of nitrogens with one attached hydrogen (secondary N) is 2. The van der Waals surface area contributed by atoms with Crippen LogP contribution in [0, 0.1) is 5.92 Å². The summed E-state index contributed by atoms with van der Waals surface area (Å²) in [6, 6.07) is 5.29. The van der Waals surface area contributed by atoms with Gasteiger partial charge in [0, 0.05) is 12.1 Å². The van der Waals surface area contributed by atoms with E-state index in [1.54, 1.807) is 39.3 Å². The third kappa shape index (κ3) is 4.31. The predicted molar refractivity (Wildman–Crippen MR) is 89.3 cm³/mol. The maximum atomic E-state index is 11.8. The second kappa shape index (κ2) is 8.09. The lowest BCUT2D eigenvalue weighted by molar-refractivity contribution is -0.123. The first-order valence-electron chi connectivity index (χ1n) is 7.43. The standard InChI is InChI=1S/C16H20N4O4/c1-10-12(16(22)20-18-10)5-7-15(21)19-17-9-11-4-6-13(23-2)14(8-11)24-3/h4,6,8-9,12H,5,7H2,1-3H3,(H,19,21)(H,20,22). The molecule has 0 aromatic heterocycles. The Labute approximate surface area is 139 Å². The molecule has 8 nitrogen and oxygen atoms in total. The van der Waals surface area contributed by atoms with Gasteiger partial charge in [0.1, 0.15) is 0 Å². The van der Waals surface area contributed by atoms with Crippen molar-refractivity contribution in [3.63, 3.8) is 0 Å². The summed E-state index contributed by atoms with van der Waals surface area (Å²) >= 11 is 0. The molecule has 1 atom stereocenters. The highest BCUT2D eigenvalue weighted by atomic mass is 16.5. The monoisotopic (exact) mass is 332 g/mol. The Kier molecular flexibility index (Phi) is 5.89. The molecule has 1 unspecified atom stereocenters. The number of carbonyl (C=O) groups is 2. The summed E-state index contributed by atoms with van der Waals surface area (Å²) in [5, 5.41) is 7.75. The quantitative estimate of drug-likeness (QED) is 0.576. The van der Waals surface area contributed by atoms with Crippen LogP contribution in [0.4, 0.5) is 0 Å². The van der Waals surface area contributed by atoms with Crippen molar-refractivity contribution >= 4 is 23.7 Å². The van der Waals surface area contributed by atoms with Crippen LogP contribution in [-0.2, 0) is 9.59 Å². The van der Waals surface area contributed by atoms with Gasteiger partial charge in [0.25, 0.3) is 0 Å². The molecule has 1 heterocycles. The van der Waals surface area contributed by atoms with E-state index in [4.69, 9.17) is 9.47 Å². The van der Waals surface area contributed by atoms with Gasteiger partial charge in [-0.15, -0.1) is 0 Å². The molecule has 0 saturated heterocycles. The summed E-state index contributed by atoms with van der Waals surface area (Å²) in [4.78, 5) is 23.3. The zero-order chi connectivity index (χ0) is 17.5. The minimum Gasteiger partial charge on any atom is -0.493 e. The van der Waals surface area contributed by atoms with Crippen LogP contribution < -0.4 is 20.3 Å². The Bertz CT molecular complexity index is 685. The second-order valence-corrected chi connectivity index (χ2v) is 5.23. The van der Waals surface area contributed by atoms with Crippen molar-refractivity contribution in [1.29, 1.82) is 0 Å². The number of ether oxygens (including phenoxy) is 2. The predicted octanol–water partition coefficient (Wildman–Crippen LogP) is 1.06. The van der Waals surface area contributed by atoms with Gasteiger partial charge in [-0.25, -0.2) is 10.9 Å². The normalized spacial score (nSPS) is 16.7. The first-order valence-corrected chi connectivity index (χ1v) is 7.43. The highest BCUT2D eigenvalue weighted by Gasteiger charge is 2.26. The molecule has 1 aromatic rings. The fourth-order valence-corrected chi connectivity index (χ4v) is 2.27. The fraction of sp³-hybridized carbons (Fsp3) is 0.375. The van der Waals surface area contributed by atoms with Gasteiger partial charge < -0.3 is 9.47 Å². The van der Waals surface area contributed by atoms with Crippen molar-refractivity contribution in [3.05, 3.63) is 23.8 Å². The zero-order valence-corrected chi connectivity index (χ0v) is 13.8. The van der Waals surface area contributed by atoms with Crippen molar-refractivity contribution in [2.75, 3.05) is 14.2 Å². The van der Waals surface area contributed by atoms with E-state index < -0.39 is 0 Å². The lowest BCUT2D eigenvalue weighted by Gasteiger charge is -2.07. The van der Waals surface area contributed by atoms with E-state index in [-0.39, 0.29) is 24.2 Å². The van der Waals surface area contributed by atoms with E-state index >= 15 is 0 Å². The Morgan fingerprint density at radius 3 is 2.75 bits per heavy atom. The van der Waals surface area contributed by atoms with Gasteiger partial charge in [-0.1, -0.05) is 0 Å². The van der Waals surface area contributed by atoms with E-state index in [2.05, 4.69) is 21.1 Å². The van der Waals surface area contributed by atoms with E-state index in [0.29, 0.717) is 23.6 Å². The third-order valence-corrected chi connectivity index (χ3v) is 3.63. The van der Waals surface area contributed by atoms with Crippen LogP contribution in [0.3, 0.4) is 0 Å². The van der Waals surface area contributed by atoms with Crippen LogP contribution in [0.25, 0.3) is 0 Å². The molecule has 24 heavy (non-hydrogen) atoms. The van der Waals surface area contributed by atoms with Crippen molar-refractivity contribution in [1.82, 2.24) is 10.9 Å². The number of rotatable bonds is 7. The number of hydrogen-bond donors (Lipinski definition) is 2. The molecule has 1 aromatic carbocycles. The number of methoxy groups -OCH3 is 2. The molecule has 2 rings (SSSR count). The summed E-state index contributed by atoms with van der Waals surface area (Å²) in [7, 11) is 3.11. The first kappa shape index (κ1) is 17.5. The van der Waals surface area contributed by atoms with Gasteiger partial charge in [-0.05, 0) is 37.1 Å². The fourth-order valence-electron chi connectivity index (χ4n) is 2.27. The molecular formula is C16H20N4O4. The Hall–Kier alpha value is -2.90. The molecule has 1 aliphatic rings. The van der Waals surface area contributed by atoms with Crippen molar-refractivity contribution in [2.45, 2.75) is 19.8 Å². The maximum Gasteiger partial charge on any atom is 0.248 e. The van der Waals surface area contributed by atoms with Crippen molar-refractivity contribution in [2.24, 2.45) is 16.1 Å².